The molecule has 0 aliphatic heterocycles. The van der Waals surface area contributed by atoms with Gasteiger partial charge in [0.25, 0.3) is 0 Å². The van der Waals surface area contributed by atoms with Crippen LogP contribution in [-0.2, 0) is 0 Å². The highest BCUT2D eigenvalue weighted by Gasteiger charge is 2.18. The summed E-state index contributed by atoms with van der Waals surface area (Å²) in [7, 11) is -0.575. The molecule has 0 fully saturated rings. The zero-order chi connectivity index (χ0) is 13.1. The van der Waals surface area contributed by atoms with E-state index in [-0.39, 0.29) is 0 Å². The number of hydrogen-bond donors (Lipinski definition) is 1. The molecule has 0 bridgehead atoms. The third-order valence-corrected chi connectivity index (χ3v) is 3.32. The molecule has 0 heterocycles. The fraction of sp³-hybridized carbons (Fsp3) is 0.143. The SMILES string of the molecule is CB(O)N(c1ccc(C)cc1)c1ccc(Br)cc1. The molecule has 92 valence electrons. The average molecular weight is 304 g/mol. The Bertz CT molecular complexity index is 465. The highest BCUT2D eigenvalue weighted by molar-refractivity contribution is 9.10. The van der Waals surface area contributed by atoms with Crippen molar-refractivity contribution in [2.24, 2.45) is 0 Å². The van der Waals surface area contributed by atoms with Gasteiger partial charge in [0.2, 0.25) is 0 Å². The lowest BCUT2D eigenvalue weighted by molar-refractivity contribution is 0.578. The van der Waals surface area contributed by atoms with Crippen molar-refractivity contribution in [2.45, 2.75) is 13.7 Å². The molecule has 2 rings (SSSR count). The lowest BCUT2D eigenvalue weighted by Crippen LogP contribution is -2.32. The number of nitrogens with zero attached hydrogens (tertiary/aromatic N) is 1. The van der Waals surface area contributed by atoms with Gasteiger partial charge in [-0.25, -0.2) is 0 Å². The lowest BCUT2D eigenvalue weighted by Gasteiger charge is -2.26. The number of rotatable bonds is 3. The molecule has 0 saturated carbocycles. The van der Waals surface area contributed by atoms with E-state index in [4.69, 9.17) is 0 Å². The second-order valence-electron chi connectivity index (χ2n) is 4.31. The van der Waals surface area contributed by atoms with E-state index in [0.29, 0.717) is 0 Å². The van der Waals surface area contributed by atoms with E-state index < -0.39 is 7.05 Å². The molecule has 0 atom stereocenters. The molecule has 2 nitrogen and oxygen atoms in total. The van der Waals surface area contributed by atoms with Gasteiger partial charge in [0.15, 0.2) is 0 Å². The van der Waals surface area contributed by atoms with Crippen LogP contribution in [0, 0.1) is 6.92 Å². The largest absolute Gasteiger partial charge is 0.432 e. The summed E-state index contributed by atoms with van der Waals surface area (Å²) in [6.07, 6.45) is 0. The summed E-state index contributed by atoms with van der Waals surface area (Å²) in [5.74, 6) is 0. The Morgan fingerprint density at radius 2 is 1.39 bits per heavy atom. The first-order valence-electron chi connectivity index (χ1n) is 5.87. The Morgan fingerprint density at radius 1 is 0.944 bits per heavy atom. The molecule has 0 spiro atoms. The van der Waals surface area contributed by atoms with Crippen LogP contribution in [0.15, 0.2) is 53.0 Å². The Morgan fingerprint density at radius 3 is 1.83 bits per heavy atom. The predicted molar refractivity (Wildman–Crippen MR) is 81.3 cm³/mol. The molecule has 0 aliphatic rings. The predicted octanol–water partition coefficient (Wildman–Crippen LogP) is 4.01. The van der Waals surface area contributed by atoms with Crippen molar-refractivity contribution in [1.29, 1.82) is 0 Å². The van der Waals surface area contributed by atoms with Gasteiger partial charge in [-0.1, -0.05) is 33.6 Å². The minimum atomic E-state index is -0.575. The van der Waals surface area contributed by atoms with Crippen LogP contribution in [0.3, 0.4) is 0 Å². The first-order chi connectivity index (χ1) is 8.58. The fourth-order valence-corrected chi connectivity index (χ4v) is 2.15. The molecular formula is C14H15BBrNO. The standard InChI is InChI=1S/C14H15BBrNO/c1-11-3-7-13(8-4-11)17(15(2)18)14-9-5-12(16)6-10-14/h3-10,18H,1-2H3. The smallest absolute Gasteiger partial charge is 0.414 e. The summed E-state index contributed by atoms with van der Waals surface area (Å²) in [6.45, 7) is 3.82. The van der Waals surface area contributed by atoms with E-state index in [1.807, 2.05) is 53.3 Å². The number of benzene rings is 2. The summed E-state index contributed by atoms with van der Waals surface area (Å²) < 4.78 is 1.03. The zero-order valence-electron chi connectivity index (χ0n) is 10.5. The molecule has 0 aromatic heterocycles. The molecule has 18 heavy (non-hydrogen) atoms. The Kier molecular flexibility index (Phi) is 4.09. The molecule has 4 heteroatoms. The van der Waals surface area contributed by atoms with E-state index in [2.05, 4.69) is 22.9 Å². The van der Waals surface area contributed by atoms with E-state index in [1.54, 1.807) is 6.82 Å². The van der Waals surface area contributed by atoms with Gasteiger partial charge < -0.3 is 9.83 Å². The second-order valence-corrected chi connectivity index (χ2v) is 5.23. The van der Waals surface area contributed by atoms with Crippen LogP contribution < -0.4 is 4.81 Å². The van der Waals surface area contributed by atoms with E-state index in [1.165, 1.54) is 5.56 Å². The molecule has 0 amide bonds. The first-order valence-corrected chi connectivity index (χ1v) is 6.67. The van der Waals surface area contributed by atoms with Gasteiger partial charge in [-0.3, -0.25) is 0 Å². The minimum Gasteiger partial charge on any atom is -0.432 e. The van der Waals surface area contributed by atoms with Crippen molar-refractivity contribution in [3.63, 3.8) is 0 Å². The van der Waals surface area contributed by atoms with Crippen molar-refractivity contribution in [3.05, 3.63) is 58.6 Å². The van der Waals surface area contributed by atoms with Gasteiger partial charge in [-0.05, 0) is 50.1 Å². The van der Waals surface area contributed by atoms with Gasteiger partial charge in [0, 0.05) is 15.8 Å². The first kappa shape index (κ1) is 13.2. The van der Waals surface area contributed by atoms with Gasteiger partial charge in [0.1, 0.15) is 0 Å². The maximum Gasteiger partial charge on any atom is 0.414 e. The molecule has 0 radical (unpaired) electrons. The van der Waals surface area contributed by atoms with Crippen LogP contribution in [0.5, 0.6) is 0 Å². The third-order valence-electron chi connectivity index (χ3n) is 2.79. The maximum absolute atomic E-state index is 9.97. The molecule has 2 aromatic carbocycles. The number of halogens is 1. The Labute approximate surface area is 117 Å². The van der Waals surface area contributed by atoms with Crippen LogP contribution >= 0.6 is 15.9 Å². The van der Waals surface area contributed by atoms with Crippen molar-refractivity contribution >= 4 is 34.4 Å². The quantitative estimate of drug-likeness (QED) is 0.866. The van der Waals surface area contributed by atoms with E-state index in [0.717, 1.165) is 15.8 Å². The van der Waals surface area contributed by atoms with Gasteiger partial charge >= 0.3 is 7.05 Å². The zero-order valence-corrected chi connectivity index (χ0v) is 12.1. The average Bonchev–Trinajstić information content (AvgIpc) is 2.34. The molecule has 0 aliphatic carbocycles. The highest BCUT2D eigenvalue weighted by Crippen LogP contribution is 2.27. The van der Waals surface area contributed by atoms with Gasteiger partial charge in [-0.15, -0.1) is 0 Å². The summed E-state index contributed by atoms with van der Waals surface area (Å²) in [4.78, 5) is 1.89. The maximum atomic E-state index is 9.97. The van der Waals surface area contributed by atoms with Gasteiger partial charge in [0.05, 0.1) is 0 Å². The summed E-state index contributed by atoms with van der Waals surface area (Å²) in [5, 5.41) is 9.97. The van der Waals surface area contributed by atoms with Crippen molar-refractivity contribution < 1.29 is 5.02 Å². The fourth-order valence-electron chi connectivity index (χ4n) is 1.89. The summed E-state index contributed by atoms with van der Waals surface area (Å²) in [6, 6.07) is 16.0. The van der Waals surface area contributed by atoms with Crippen LogP contribution in [0.1, 0.15) is 5.56 Å². The van der Waals surface area contributed by atoms with Crippen molar-refractivity contribution in [2.75, 3.05) is 4.81 Å². The van der Waals surface area contributed by atoms with E-state index in [9.17, 15) is 5.02 Å². The van der Waals surface area contributed by atoms with Crippen LogP contribution in [0.4, 0.5) is 11.4 Å². The minimum absolute atomic E-state index is 0.575. The van der Waals surface area contributed by atoms with Crippen LogP contribution in [0.2, 0.25) is 6.82 Å². The summed E-state index contributed by atoms with van der Waals surface area (Å²) in [5.41, 5.74) is 3.16. The molecule has 1 N–H and O–H groups in total. The normalized spacial score (nSPS) is 10.2. The Hall–Kier alpha value is -1.26. The van der Waals surface area contributed by atoms with Crippen molar-refractivity contribution in [3.8, 4) is 0 Å². The molecule has 0 unspecified atom stereocenters. The summed E-state index contributed by atoms with van der Waals surface area (Å²) >= 11 is 3.42. The number of aryl methyl sites for hydroxylation is 1. The molecular weight excluding hydrogens is 289 g/mol. The lowest BCUT2D eigenvalue weighted by atomic mass is 9.83. The topological polar surface area (TPSA) is 23.5 Å². The van der Waals surface area contributed by atoms with Crippen LogP contribution in [0.25, 0.3) is 0 Å². The van der Waals surface area contributed by atoms with Crippen LogP contribution in [-0.4, -0.2) is 12.1 Å². The third kappa shape index (κ3) is 2.95. The van der Waals surface area contributed by atoms with E-state index >= 15 is 0 Å². The second kappa shape index (κ2) is 5.59. The van der Waals surface area contributed by atoms with Gasteiger partial charge in [-0.2, -0.15) is 0 Å². The monoisotopic (exact) mass is 303 g/mol. The van der Waals surface area contributed by atoms with Crippen molar-refractivity contribution in [1.82, 2.24) is 0 Å². The number of hydrogen-bond acceptors (Lipinski definition) is 2. The highest BCUT2D eigenvalue weighted by atomic mass is 79.9. The molecule has 0 saturated heterocycles. The molecule has 2 aromatic rings. The Balaban J connectivity index is 2.39. The number of anilines is 2.